The van der Waals surface area contributed by atoms with Crippen molar-refractivity contribution in [3.05, 3.63) is 65.5 Å². The molecule has 3 aromatic rings. The molecule has 22 heavy (non-hydrogen) atoms. The fourth-order valence-corrected chi connectivity index (χ4v) is 3.20. The minimum Gasteiger partial charge on any atom is -0.420 e. The maximum atomic E-state index is 12.2. The summed E-state index contributed by atoms with van der Waals surface area (Å²) in [5, 5.41) is 8.26. The highest BCUT2D eigenvalue weighted by molar-refractivity contribution is 7.90. The third kappa shape index (κ3) is 3.18. The summed E-state index contributed by atoms with van der Waals surface area (Å²) >= 11 is 5.81. The minimum atomic E-state index is -3.51. The van der Waals surface area contributed by atoms with E-state index in [1.54, 1.807) is 42.5 Å². The number of halogens is 1. The summed E-state index contributed by atoms with van der Waals surface area (Å²) in [5.41, 5.74) is 0.681. The first-order chi connectivity index (χ1) is 10.5. The average molecular weight is 335 g/mol. The van der Waals surface area contributed by atoms with Crippen LogP contribution in [0.15, 0.2) is 63.9 Å². The first-order valence-electron chi connectivity index (χ1n) is 6.41. The van der Waals surface area contributed by atoms with Crippen molar-refractivity contribution in [1.82, 2.24) is 10.2 Å². The van der Waals surface area contributed by atoms with Gasteiger partial charge in [0.1, 0.15) is 5.75 Å². The van der Waals surface area contributed by atoms with Gasteiger partial charge in [0.25, 0.3) is 0 Å². The lowest BCUT2D eigenvalue weighted by molar-refractivity contribution is 0.518. The molecule has 0 N–H and O–H groups in total. The van der Waals surface area contributed by atoms with Crippen molar-refractivity contribution in [3.63, 3.8) is 0 Å². The number of hydrogen-bond acceptors (Lipinski definition) is 5. The van der Waals surface area contributed by atoms with Gasteiger partial charge in [-0.2, -0.15) is 0 Å². The molecule has 0 fully saturated rings. The van der Waals surface area contributed by atoms with Crippen molar-refractivity contribution in [2.75, 3.05) is 0 Å². The number of hydrogen-bond donors (Lipinski definition) is 0. The monoisotopic (exact) mass is 334 g/mol. The predicted octanol–water partition coefficient (Wildman–Crippen LogP) is 3.36. The first kappa shape index (κ1) is 14.7. The number of nitrogens with zero attached hydrogens (tertiary/aromatic N) is 2. The van der Waals surface area contributed by atoms with Crippen LogP contribution in [0.1, 0.15) is 5.89 Å². The molecule has 112 valence electrons. The van der Waals surface area contributed by atoms with Gasteiger partial charge in [-0.05, 0) is 36.4 Å². The van der Waals surface area contributed by atoms with E-state index >= 15 is 0 Å². The molecule has 2 aromatic carbocycles. The van der Waals surface area contributed by atoms with Crippen molar-refractivity contribution in [1.29, 1.82) is 0 Å². The van der Waals surface area contributed by atoms with E-state index < -0.39 is 9.84 Å². The molecule has 0 radical (unpaired) electrons. The van der Waals surface area contributed by atoms with Gasteiger partial charge < -0.3 is 4.42 Å². The lowest BCUT2D eigenvalue weighted by atomic mass is 10.2. The molecule has 7 heteroatoms. The van der Waals surface area contributed by atoms with Crippen molar-refractivity contribution in [3.8, 4) is 11.5 Å². The Bertz CT molecular complexity index is 875. The van der Waals surface area contributed by atoms with Gasteiger partial charge in [-0.1, -0.05) is 29.8 Å². The zero-order valence-corrected chi connectivity index (χ0v) is 12.9. The molecule has 5 nitrogen and oxygen atoms in total. The molecular weight excluding hydrogens is 324 g/mol. The summed E-state index contributed by atoms with van der Waals surface area (Å²) in [6.45, 7) is 0. The molecule has 0 aliphatic heterocycles. The Hall–Kier alpha value is -2.18. The molecule has 0 spiro atoms. The lowest BCUT2D eigenvalue weighted by Gasteiger charge is -2.00. The minimum absolute atomic E-state index is 0.0498. The topological polar surface area (TPSA) is 73.1 Å². The maximum Gasteiger partial charge on any atom is 0.247 e. The molecule has 1 aromatic heterocycles. The van der Waals surface area contributed by atoms with Crippen LogP contribution in [-0.4, -0.2) is 18.6 Å². The summed E-state index contributed by atoms with van der Waals surface area (Å²) in [6.07, 6.45) is 0. The molecule has 0 aliphatic rings. The van der Waals surface area contributed by atoms with Crippen LogP contribution in [0.4, 0.5) is 0 Å². The molecule has 0 unspecified atom stereocenters. The molecule has 0 saturated carbocycles. The van der Waals surface area contributed by atoms with E-state index in [4.69, 9.17) is 16.0 Å². The summed E-state index contributed by atoms with van der Waals surface area (Å²) < 4.78 is 29.9. The number of rotatable bonds is 4. The lowest BCUT2D eigenvalue weighted by Crippen LogP contribution is -2.04. The number of sulfone groups is 1. The third-order valence-electron chi connectivity index (χ3n) is 2.97. The van der Waals surface area contributed by atoms with Gasteiger partial charge in [0, 0.05) is 10.6 Å². The molecular formula is C15H11ClN2O3S. The SMILES string of the molecule is O=S(=O)(Cc1nnc(-c2ccc(Cl)cc2)o1)c1ccccc1. The Kier molecular flexibility index (Phi) is 3.96. The average Bonchev–Trinajstić information content (AvgIpc) is 2.97. The van der Waals surface area contributed by atoms with Crippen LogP contribution in [0.25, 0.3) is 11.5 Å². The highest BCUT2D eigenvalue weighted by Gasteiger charge is 2.19. The highest BCUT2D eigenvalue weighted by atomic mass is 35.5. The number of aromatic nitrogens is 2. The van der Waals surface area contributed by atoms with E-state index in [0.29, 0.717) is 10.6 Å². The third-order valence-corrected chi connectivity index (χ3v) is 4.84. The van der Waals surface area contributed by atoms with Gasteiger partial charge in [-0.15, -0.1) is 10.2 Å². The van der Waals surface area contributed by atoms with Crippen LogP contribution in [-0.2, 0) is 15.6 Å². The van der Waals surface area contributed by atoms with Crippen molar-refractivity contribution in [2.24, 2.45) is 0 Å². The molecule has 0 saturated heterocycles. The highest BCUT2D eigenvalue weighted by Crippen LogP contribution is 2.22. The molecule has 3 rings (SSSR count). The van der Waals surface area contributed by atoms with Gasteiger partial charge in [-0.3, -0.25) is 0 Å². The van der Waals surface area contributed by atoms with Crippen molar-refractivity contribution >= 4 is 21.4 Å². The van der Waals surface area contributed by atoms with E-state index in [2.05, 4.69) is 10.2 Å². The quantitative estimate of drug-likeness (QED) is 0.731. The van der Waals surface area contributed by atoms with Gasteiger partial charge >= 0.3 is 0 Å². The first-order valence-corrected chi connectivity index (χ1v) is 8.44. The largest absolute Gasteiger partial charge is 0.420 e. The zero-order chi connectivity index (χ0) is 15.6. The predicted molar refractivity (Wildman–Crippen MR) is 82.1 cm³/mol. The second-order valence-corrected chi connectivity index (χ2v) is 7.01. The second-order valence-electron chi connectivity index (χ2n) is 4.58. The van der Waals surface area contributed by atoms with Gasteiger partial charge in [0.05, 0.1) is 4.90 Å². The van der Waals surface area contributed by atoms with E-state index in [-0.39, 0.29) is 22.4 Å². The smallest absolute Gasteiger partial charge is 0.247 e. The van der Waals surface area contributed by atoms with Gasteiger partial charge in [-0.25, -0.2) is 8.42 Å². The maximum absolute atomic E-state index is 12.2. The molecule has 1 heterocycles. The summed E-state index contributed by atoms with van der Waals surface area (Å²) in [7, 11) is -3.51. The Morgan fingerprint density at radius 3 is 2.32 bits per heavy atom. The Balaban J connectivity index is 1.84. The standard InChI is InChI=1S/C15H11ClN2O3S/c16-12-8-6-11(7-9-12)15-18-17-14(21-15)10-22(19,20)13-4-2-1-3-5-13/h1-9H,10H2. The summed E-state index contributed by atoms with van der Waals surface area (Å²) in [6, 6.07) is 15.0. The van der Waals surface area contributed by atoms with Crippen molar-refractivity contribution in [2.45, 2.75) is 10.6 Å². The summed E-state index contributed by atoms with van der Waals surface area (Å²) in [4.78, 5) is 0.223. The Labute approximate surface area is 132 Å². The van der Waals surface area contributed by atoms with Gasteiger partial charge in [0.2, 0.25) is 11.8 Å². The van der Waals surface area contributed by atoms with Crippen LogP contribution in [0, 0.1) is 0 Å². The van der Waals surface area contributed by atoms with E-state index in [0.717, 1.165) is 0 Å². The van der Waals surface area contributed by atoms with Crippen LogP contribution in [0.5, 0.6) is 0 Å². The van der Waals surface area contributed by atoms with Crippen LogP contribution in [0.3, 0.4) is 0 Å². The van der Waals surface area contributed by atoms with Crippen molar-refractivity contribution < 1.29 is 12.8 Å². The second kappa shape index (κ2) is 5.90. The molecule has 0 amide bonds. The Morgan fingerprint density at radius 1 is 0.955 bits per heavy atom. The fraction of sp³-hybridized carbons (Fsp3) is 0.0667. The van der Waals surface area contributed by atoms with Crippen LogP contribution in [0.2, 0.25) is 5.02 Å². The van der Waals surface area contributed by atoms with E-state index in [1.807, 2.05) is 0 Å². The molecule has 0 aliphatic carbocycles. The van der Waals surface area contributed by atoms with Gasteiger partial charge in [0.15, 0.2) is 9.84 Å². The fourth-order valence-electron chi connectivity index (χ4n) is 1.89. The van der Waals surface area contributed by atoms with E-state index in [9.17, 15) is 8.42 Å². The van der Waals surface area contributed by atoms with Crippen LogP contribution < -0.4 is 0 Å². The summed E-state index contributed by atoms with van der Waals surface area (Å²) in [5.74, 6) is -0.0267. The zero-order valence-electron chi connectivity index (χ0n) is 11.3. The molecule has 0 bridgehead atoms. The number of benzene rings is 2. The van der Waals surface area contributed by atoms with E-state index in [1.165, 1.54) is 12.1 Å². The normalized spacial score (nSPS) is 11.5. The molecule has 0 atom stereocenters. The Morgan fingerprint density at radius 2 is 1.64 bits per heavy atom. The van der Waals surface area contributed by atoms with Crippen LogP contribution >= 0.6 is 11.6 Å².